The van der Waals surface area contributed by atoms with Crippen LogP contribution in [0, 0.1) is 0 Å². The van der Waals surface area contributed by atoms with Crippen LogP contribution in [0.15, 0.2) is 34.3 Å². The number of carbonyl (C=O) groups excluding carboxylic acids is 1. The Balaban J connectivity index is 2.10. The number of thiophene rings is 1. The van der Waals surface area contributed by atoms with E-state index >= 15 is 0 Å². The van der Waals surface area contributed by atoms with Gasteiger partial charge in [-0.2, -0.15) is 0 Å². The molecule has 0 saturated carbocycles. The molecule has 13 heavy (non-hydrogen) atoms. The Morgan fingerprint density at radius 1 is 1.54 bits per heavy atom. The van der Waals surface area contributed by atoms with Gasteiger partial charge in [0.1, 0.15) is 0 Å². The number of nitrogens with zero attached hydrogens (tertiary/aromatic N) is 1. The van der Waals surface area contributed by atoms with Crippen molar-refractivity contribution < 1.29 is 4.79 Å². The fourth-order valence-electron chi connectivity index (χ4n) is 1.22. The maximum atomic E-state index is 11.0. The lowest BCUT2D eigenvalue weighted by molar-refractivity contribution is -0.113. The standard InChI is InChI=1S/C10H9NOS/c12-9-3-4-11-8(6-9)7-10-2-1-5-13-10/h1-2,4-6H,3,7H2. The van der Waals surface area contributed by atoms with Gasteiger partial charge in [0.2, 0.25) is 0 Å². The summed E-state index contributed by atoms with van der Waals surface area (Å²) in [5.41, 5.74) is 0.874. The Bertz CT molecular complexity index is 362. The smallest absolute Gasteiger partial charge is 0.162 e. The van der Waals surface area contributed by atoms with Gasteiger partial charge in [-0.1, -0.05) is 6.07 Å². The van der Waals surface area contributed by atoms with E-state index in [1.165, 1.54) is 4.88 Å². The molecule has 0 aromatic carbocycles. The van der Waals surface area contributed by atoms with Crippen LogP contribution in [-0.2, 0) is 11.2 Å². The summed E-state index contributed by atoms with van der Waals surface area (Å²) in [7, 11) is 0. The van der Waals surface area contributed by atoms with Gasteiger partial charge in [0.25, 0.3) is 0 Å². The highest BCUT2D eigenvalue weighted by Gasteiger charge is 2.06. The minimum absolute atomic E-state index is 0.154. The van der Waals surface area contributed by atoms with Crippen LogP contribution in [0.4, 0.5) is 0 Å². The molecule has 3 heteroatoms. The molecular formula is C10H9NOS. The fraction of sp³-hybridized carbons (Fsp3) is 0.200. The molecule has 0 spiro atoms. The molecule has 66 valence electrons. The van der Waals surface area contributed by atoms with E-state index in [1.54, 1.807) is 23.6 Å². The summed E-state index contributed by atoms with van der Waals surface area (Å²) in [6.45, 7) is 0. The third-order valence-corrected chi connectivity index (χ3v) is 2.69. The topological polar surface area (TPSA) is 29.4 Å². The zero-order valence-electron chi connectivity index (χ0n) is 7.06. The average molecular weight is 191 g/mol. The molecule has 0 fully saturated rings. The Morgan fingerprint density at radius 3 is 3.15 bits per heavy atom. The fourth-order valence-corrected chi connectivity index (χ4v) is 1.94. The van der Waals surface area contributed by atoms with Crippen LogP contribution in [0.1, 0.15) is 11.3 Å². The summed E-state index contributed by atoms with van der Waals surface area (Å²) in [5, 5.41) is 2.03. The number of ketones is 1. The van der Waals surface area contributed by atoms with Crippen LogP contribution in [-0.4, -0.2) is 12.0 Å². The lowest BCUT2D eigenvalue weighted by Crippen LogP contribution is -2.02. The highest BCUT2D eigenvalue weighted by atomic mass is 32.1. The Kier molecular flexibility index (Phi) is 2.36. The maximum Gasteiger partial charge on any atom is 0.162 e. The second kappa shape index (κ2) is 3.66. The molecule has 0 amide bonds. The number of carbonyl (C=O) groups is 1. The van der Waals surface area contributed by atoms with Gasteiger partial charge in [-0.25, -0.2) is 0 Å². The summed E-state index contributed by atoms with van der Waals surface area (Å²) >= 11 is 1.69. The van der Waals surface area contributed by atoms with E-state index in [1.807, 2.05) is 11.4 Å². The van der Waals surface area contributed by atoms with Crippen LogP contribution < -0.4 is 0 Å². The molecule has 0 unspecified atom stereocenters. The lowest BCUT2D eigenvalue weighted by Gasteiger charge is -2.03. The molecule has 0 saturated heterocycles. The van der Waals surface area contributed by atoms with Gasteiger partial charge in [-0.3, -0.25) is 9.79 Å². The Morgan fingerprint density at radius 2 is 2.46 bits per heavy atom. The lowest BCUT2D eigenvalue weighted by atomic mass is 10.1. The van der Waals surface area contributed by atoms with Crippen molar-refractivity contribution in [3.8, 4) is 0 Å². The second-order valence-electron chi connectivity index (χ2n) is 2.87. The van der Waals surface area contributed by atoms with Crippen LogP contribution in [0.3, 0.4) is 0 Å². The van der Waals surface area contributed by atoms with E-state index in [4.69, 9.17) is 0 Å². The molecule has 1 aliphatic rings. The average Bonchev–Trinajstić information content (AvgIpc) is 2.57. The molecule has 1 aromatic rings. The first-order valence-corrected chi connectivity index (χ1v) is 5.01. The van der Waals surface area contributed by atoms with Crippen molar-refractivity contribution in [2.75, 3.05) is 0 Å². The van der Waals surface area contributed by atoms with Crippen molar-refractivity contribution in [3.63, 3.8) is 0 Å². The molecule has 2 heterocycles. The molecule has 2 rings (SSSR count). The van der Waals surface area contributed by atoms with E-state index in [-0.39, 0.29) is 5.78 Å². The minimum atomic E-state index is 0.154. The quantitative estimate of drug-likeness (QED) is 0.704. The third kappa shape index (κ3) is 2.12. The summed E-state index contributed by atoms with van der Waals surface area (Å²) in [4.78, 5) is 16.5. The van der Waals surface area contributed by atoms with Gasteiger partial charge in [-0.05, 0) is 11.4 Å². The van der Waals surface area contributed by atoms with Crippen LogP contribution >= 0.6 is 11.3 Å². The van der Waals surface area contributed by atoms with Gasteiger partial charge in [0.15, 0.2) is 5.78 Å². The summed E-state index contributed by atoms with van der Waals surface area (Å²) in [6, 6.07) is 4.06. The molecule has 2 nitrogen and oxygen atoms in total. The molecule has 0 radical (unpaired) electrons. The van der Waals surface area contributed by atoms with Crippen molar-refractivity contribution in [3.05, 3.63) is 34.2 Å². The van der Waals surface area contributed by atoms with Gasteiger partial charge >= 0.3 is 0 Å². The highest BCUT2D eigenvalue weighted by Crippen LogP contribution is 2.16. The van der Waals surface area contributed by atoms with Gasteiger partial charge in [0, 0.05) is 35.7 Å². The zero-order chi connectivity index (χ0) is 9.10. The maximum absolute atomic E-state index is 11.0. The number of hydrogen-bond acceptors (Lipinski definition) is 3. The SMILES string of the molecule is O=C1C=C(Cc2cccs2)N=CC1. The molecule has 1 aliphatic heterocycles. The van der Waals surface area contributed by atoms with E-state index in [0.29, 0.717) is 6.42 Å². The first-order valence-electron chi connectivity index (χ1n) is 4.13. The number of allylic oxidation sites excluding steroid dienone is 2. The first kappa shape index (κ1) is 8.38. The summed E-state index contributed by atoms with van der Waals surface area (Å²) in [5.74, 6) is 0.154. The summed E-state index contributed by atoms with van der Waals surface area (Å²) < 4.78 is 0. The van der Waals surface area contributed by atoms with E-state index in [2.05, 4.69) is 11.1 Å². The van der Waals surface area contributed by atoms with Crippen LogP contribution in [0.25, 0.3) is 0 Å². The van der Waals surface area contributed by atoms with Crippen LogP contribution in [0.5, 0.6) is 0 Å². The molecular weight excluding hydrogens is 182 g/mol. The van der Waals surface area contributed by atoms with E-state index < -0.39 is 0 Å². The van der Waals surface area contributed by atoms with Gasteiger partial charge in [-0.15, -0.1) is 11.3 Å². The van der Waals surface area contributed by atoms with Crippen molar-refractivity contribution in [2.45, 2.75) is 12.8 Å². The number of rotatable bonds is 2. The van der Waals surface area contributed by atoms with Gasteiger partial charge in [0.05, 0.1) is 0 Å². The van der Waals surface area contributed by atoms with Crippen molar-refractivity contribution in [2.24, 2.45) is 4.99 Å². The van der Waals surface area contributed by atoms with Crippen molar-refractivity contribution in [1.29, 1.82) is 0 Å². The Labute approximate surface area is 80.6 Å². The minimum Gasteiger partial charge on any atom is -0.294 e. The third-order valence-electron chi connectivity index (χ3n) is 1.81. The van der Waals surface area contributed by atoms with E-state index in [9.17, 15) is 4.79 Å². The molecule has 0 atom stereocenters. The normalized spacial score (nSPS) is 16.0. The predicted octanol–water partition coefficient (Wildman–Crippen LogP) is 2.22. The largest absolute Gasteiger partial charge is 0.294 e. The molecule has 0 bridgehead atoms. The Hall–Kier alpha value is -1.22. The van der Waals surface area contributed by atoms with Gasteiger partial charge < -0.3 is 0 Å². The number of hydrogen-bond donors (Lipinski definition) is 0. The zero-order valence-corrected chi connectivity index (χ0v) is 7.88. The van der Waals surface area contributed by atoms with Crippen molar-refractivity contribution >= 4 is 23.3 Å². The molecule has 1 aromatic heterocycles. The van der Waals surface area contributed by atoms with Crippen LogP contribution in [0.2, 0.25) is 0 Å². The molecule has 0 aliphatic carbocycles. The van der Waals surface area contributed by atoms with Crippen molar-refractivity contribution in [1.82, 2.24) is 0 Å². The monoisotopic (exact) mass is 191 g/mol. The predicted molar refractivity (Wildman–Crippen MR) is 54.2 cm³/mol. The van der Waals surface area contributed by atoms with E-state index in [0.717, 1.165) is 12.1 Å². The molecule has 0 N–H and O–H groups in total. The summed E-state index contributed by atoms with van der Waals surface area (Å²) in [6.07, 6.45) is 4.55. The number of aliphatic imine (C=N–C) groups is 1. The second-order valence-corrected chi connectivity index (χ2v) is 3.91. The first-order chi connectivity index (χ1) is 6.34. The highest BCUT2D eigenvalue weighted by molar-refractivity contribution is 7.09.